The second-order valence-corrected chi connectivity index (χ2v) is 6.53. The highest BCUT2D eigenvalue weighted by molar-refractivity contribution is 5.74. The highest BCUT2D eigenvalue weighted by Crippen LogP contribution is 2.25. The van der Waals surface area contributed by atoms with E-state index in [1.54, 1.807) is 6.92 Å². The van der Waals surface area contributed by atoms with Crippen LogP contribution in [0.1, 0.15) is 33.3 Å². The van der Waals surface area contributed by atoms with Crippen LogP contribution in [-0.2, 0) is 35.2 Å². The van der Waals surface area contributed by atoms with Crippen molar-refractivity contribution >= 4 is 17.8 Å². The monoisotopic (exact) mass is 378 g/mol. The molecule has 0 spiro atoms. The van der Waals surface area contributed by atoms with Gasteiger partial charge in [0.1, 0.15) is 12.1 Å². The SMILES string of the molecule is CC(=O)N[C@H]1[C@@H](OCc2ccccc2)O[C@@H](C)[C@@H](NC(C)=O)[C@H]1OC(C)=O. The van der Waals surface area contributed by atoms with Crippen molar-refractivity contribution in [2.24, 2.45) is 0 Å². The Morgan fingerprint density at radius 1 is 1.00 bits per heavy atom. The number of rotatable bonds is 6. The molecule has 1 aromatic carbocycles. The first-order valence-electron chi connectivity index (χ1n) is 8.80. The van der Waals surface area contributed by atoms with E-state index < -0.39 is 36.6 Å². The Hall–Kier alpha value is -2.45. The van der Waals surface area contributed by atoms with Crippen molar-refractivity contribution in [3.05, 3.63) is 35.9 Å². The van der Waals surface area contributed by atoms with Gasteiger partial charge in [0, 0.05) is 20.8 Å². The Labute approximate surface area is 158 Å². The Bertz CT molecular complexity index is 665. The van der Waals surface area contributed by atoms with Gasteiger partial charge in [-0.15, -0.1) is 0 Å². The zero-order valence-electron chi connectivity index (χ0n) is 15.9. The van der Waals surface area contributed by atoms with Gasteiger partial charge in [-0.2, -0.15) is 0 Å². The van der Waals surface area contributed by atoms with E-state index in [4.69, 9.17) is 14.2 Å². The van der Waals surface area contributed by atoms with E-state index in [0.717, 1.165) is 5.56 Å². The summed E-state index contributed by atoms with van der Waals surface area (Å²) in [6, 6.07) is 8.10. The summed E-state index contributed by atoms with van der Waals surface area (Å²) in [7, 11) is 0. The van der Waals surface area contributed by atoms with Gasteiger partial charge in [0.2, 0.25) is 11.8 Å². The van der Waals surface area contributed by atoms with Crippen LogP contribution in [0.3, 0.4) is 0 Å². The molecule has 8 nitrogen and oxygen atoms in total. The Balaban J connectivity index is 2.24. The molecule has 0 radical (unpaired) electrons. The second-order valence-electron chi connectivity index (χ2n) is 6.53. The van der Waals surface area contributed by atoms with Gasteiger partial charge in [0.25, 0.3) is 0 Å². The van der Waals surface area contributed by atoms with E-state index in [9.17, 15) is 14.4 Å². The highest BCUT2D eigenvalue weighted by Gasteiger charge is 2.47. The first-order chi connectivity index (χ1) is 12.8. The van der Waals surface area contributed by atoms with Gasteiger partial charge in [-0.1, -0.05) is 30.3 Å². The van der Waals surface area contributed by atoms with Crippen molar-refractivity contribution in [3.63, 3.8) is 0 Å². The first kappa shape index (κ1) is 20.9. The molecule has 0 bridgehead atoms. The van der Waals surface area contributed by atoms with Crippen molar-refractivity contribution in [1.82, 2.24) is 10.6 Å². The lowest BCUT2D eigenvalue weighted by Crippen LogP contribution is -2.68. The third kappa shape index (κ3) is 6.04. The van der Waals surface area contributed by atoms with E-state index in [0.29, 0.717) is 0 Å². The minimum absolute atomic E-state index is 0.256. The average Bonchev–Trinajstić information content (AvgIpc) is 2.59. The Morgan fingerprint density at radius 3 is 2.15 bits per heavy atom. The number of hydrogen-bond donors (Lipinski definition) is 2. The number of carbonyl (C=O) groups excluding carboxylic acids is 3. The van der Waals surface area contributed by atoms with Gasteiger partial charge in [-0.05, 0) is 12.5 Å². The molecule has 8 heteroatoms. The lowest BCUT2D eigenvalue weighted by Gasteiger charge is -2.45. The van der Waals surface area contributed by atoms with Crippen LogP contribution in [0.2, 0.25) is 0 Å². The predicted octanol–water partition coefficient (Wildman–Crippen LogP) is 0.889. The molecule has 0 saturated carbocycles. The van der Waals surface area contributed by atoms with Crippen LogP contribution in [0.5, 0.6) is 0 Å². The molecule has 2 amide bonds. The highest BCUT2D eigenvalue weighted by atomic mass is 16.7. The van der Waals surface area contributed by atoms with Gasteiger partial charge in [0.15, 0.2) is 6.29 Å². The molecule has 2 rings (SSSR count). The minimum atomic E-state index is -0.849. The maximum Gasteiger partial charge on any atom is 0.303 e. The molecular weight excluding hydrogens is 352 g/mol. The maximum absolute atomic E-state index is 11.7. The number of benzene rings is 1. The number of ether oxygens (including phenoxy) is 3. The summed E-state index contributed by atoms with van der Waals surface area (Å²) in [6.07, 6.45) is -2.18. The van der Waals surface area contributed by atoms with Gasteiger partial charge in [-0.25, -0.2) is 0 Å². The second kappa shape index (κ2) is 9.48. The molecule has 1 fully saturated rings. The van der Waals surface area contributed by atoms with Crippen LogP contribution in [0.4, 0.5) is 0 Å². The number of hydrogen-bond acceptors (Lipinski definition) is 6. The third-order valence-corrected chi connectivity index (χ3v) is 4.15. The van der Waals surface area contributed by atoms with Crippen molar-refractivity contribution in [2.45, 2.75) is 64.9 Å². The fourth-order valence-corrected chi connectivity index (χ4v) is 3.08. The molecule has 1 aromatic rings. The van der Waals surface area contributed by atoms with E-state index in [1.807, 2.05) is 30.3 Å². The van der Waals surface area contributed by atoms with Crippen molar-refractivity contribution < 1.29 is 28.6 Å². The smallest absolute Gasteiger partial charge is 0.303 e. The average molecular weight is 378 g/mol. The summed E-state index contributed by atoms with van der Waals surface area (Å²) < 4.78 is 17.2. The van der Waals surface area contributed by atoms with Crippen LogP contribution in [0, 0.1) is 0 Å². The molecule has 1 heterocycles. The summed E-state index contributed by atoms with van der Waals surface area (Å²) in [6.45, 7) is 6.00. The Morgan fingerprint density at radius 2 is 1.59 bits per heavy atom. The largest absolute Gasteiger partial charge is 0.458 e. The summed E-state index contributed by atoms with van der Waals surface area (Å²) in [4.78, 5) is 34.9. The molecule has 0 aliphatic carbocycles. The zero-order valence-corrected chi connectivity index (χ0v) is 15.9. The van der Waals surface area contributed by atoms with Gasteiger partial charge < -0.3 is 24.8 Å². The molecule has 148 valence electrons. The van der Waals surface area contributed by atoms with E-state index in [-0.39, 0.29) is 18.4 Å². The first-order valence-corrected chi connectivity index (χ1v) is 8.80. The number of carbonyl (C=O) groups is 3. The van der Waals surface area contributed by atoms with Crippen LogP contribution in [-0.4, -0.2) is 48.4 Å². The van der Waals surface area contributed by atoms with Crippen molar-refractivity contribution in [3.8, 4) is 0 Å². The number of nitrogens with one attached hydrogen (secondary N) is 2. The normalized spacial score (nSPS) is 27.5. The molecule has 5 atom stereocenters. The fraction of sp³-hybridized carbons (Fsp3) is 0.526. The summed E-state index contributed by atoms with van der Waals surface area (Å²) in [5.74, 6) is -1.15. The lowest BCUT2D eigenvalue weighted by atomic mass is 9.94. The molecule has 0 aromatic heterocycles. The molecule has 27 heavy (non-hydrogen) atoms. The van der Waals surface area contributed by atoms with Crippen LogP contribution < -0.4 is 10.6 Å². The summed E-state index contributed by atoms with van der Waals surface area (Å²) in [5, 5.41) is 5.47. The standard InChI is InChI=1S/C19H26N2O6/c1-11-16(20-12(2)22)18(27-14(4)24)17(21-13(3)23)19(26-11)25-10-15-8-6-5-7-9-15/h5-9,11,16-19H,10H2,1-4H3,(H,20,22)(H,21,23)/t11-,16+,17+,18+,19-/m0/s1. The molecule has 1 aliphatic heterocycles. The minimum Gasteiger partial charge on any atom is -0.458 e. The van der Waals surface area contributed by atoms with Crippen LogP contribution >= 0.6 is 0 Å². The van der Waals surface area contributed by atoms with Crippen molar-refractivity contribution in [1.29, 1.82) is 0 Å². The molecule has 1 saturated heterocycles. The number of amides is 2. The van der Waals surface area contributed by atoms with E-state index >= 15 is 0 Å². The van der Waals surface area contributed by atoms with E-state index in [2.05, 4.69) is 10.6 Å². The van der Waals surface area contributed by atoms with Gasteiger partial charge in [0.05, 0.1) is 18.8 Å². The van der Waals surface area contributed by atoms with Crippen molar-refractivity contribution in [2.75, 3.05) is 0 Å². The summed E-state index contributed by atoms with van der Waals surface area (Å²) in [5.41, 5.74) is 0.934. The topological polar surface area (TPSA) is 103 Å². The summed E-state index contributed by atoms with van der Waals surface area (Å²) >= 11 is 0. The molecule has 1 aliphatic rings. The fourth-order valence-electron chi connectivity index (χ4n) is 3.08. The van der Waals surface area contributed by atoms with Crippen LogP contribution in [0.25, 0.3) is 0 Å². The third-order valence-electron chi connectivity index (χ3n) is 4.15. The quantitative estimate of drug-likeness (QED) is 0.713. The Kier molecular flexibility index (Phi) is 7.32. The zero-order chi connectivity index (χ0) is 20.0. The molecule has 2 N–H and O–H groups in total. The molecular formula is C19H26N2O6. The van der Waals surface area contributed by atoms with Gasteiger partial charge in [-0.3, -0.25) is 14.4 Å². The van der Waals surface area contributed by atoms with Crippen LogP contribution in [0.15, 0.2) is 30.3 Å². The maximum atomic E-state index is 11.7. The number of esters is 1. The lowest BCUT2D eigenvalue weighted by molar-refractivity contribution is -0.245. The van der Waals surface area contributed by atoms with E-state index in [1.165, 1.54) is 20.8 Å². The predicted molar refractivity (Wildman–Crippen MR) is 96.3 cm³/mol. The molecule has 0 unspecified atom stereocenters. The van der Waals surface area contributed by atoms with Gasteiger partial charge >= 0.3 is 5.97 Å².